The summed E-state index contributed by atoms with van der Waals surface area (Å²) in [5.74, 6) is 0.0520. The molecule has 0 unspecified atom stereocenters. The fraction of sp³-hybridized carbons (Fsp3) is 0.130. The predicted molar refractivity (Wildman–Crippen MR) is 115 cm³/mol. The van der Waals surface area contributed by atoms with Gasteiger partial charge in [-0.15, -0.1) is 0 Å². The molecule has 0 bridgehead atoms. The first-order valence-electron chi connectivity index (χ1n) is 9.70. The lowest BCUT2D eigenvalue weighted by atomic mass is 10.2. The van der Waals surface area contributed by atoms with Gasteiger partial charge in [0, 0.05) is 6.07 Å². The second kappa shape index (κ2) is 11.6. The van der Waals surface area contributed by atoms with Gasteiger partial charge in [0.25, 0.3) is 5.91 Å². The van der Waals surface area contributed by atoms with Crippen LogP contribution in [0.4, 0.5) is 4.79 Å². The van der Waals surface area contributed by atoms with Crippen molar-refractivity contribution in [3.05, 3.63) is 89.7 Å². The van der Waals surface area contributed by atoms with Crippen molar-refractivity contribution in [2.45, 2.75) is 13.2 Å². The van der Waals surface area contributed by atoms with Crippen molar-refractivity contribution in [2.24, 2.45) is 0 Å². The van der Waals surface area contributed by atoms with Gasteiger partial charge in [-0.2, -0.15) is 5.26 Å². The van der Waals surface area contributed by atoms with Crippen molar-refractivity contribution >= 4 is 11.9 Å². The van der Waals surface area contributed by atoms with E-state index in [1.165, 1.54) is 12.3 Å². The summed E-state index contributed by atoms with van der Waals surface area (Å²) in [6, 6.07) is 21.6. The fourth-order valence-electron chi connectivity index (χ4n) is 2.58. The maximum absolute atomic E-state index is 12.4. The highest BCUT2D eigenvalue weighted by molar-refractivity contribution is 5.94. The zero-order valence-corrected chi connectivity index (χ0v) is 17.1. The molecule has 0 radical (unpaired) electrons. The summed E-state index contributed by atoms with van der Waals surface area (Å²) >= 11 is 0. The molecule has 0 atom stereocenters. The number of amides is 3. The van der Waals surface area contributed by atoms with Gasteiger partial charge in [-0.05, 0) is 11.1 Å². The molecule has 0 saturated heterocycles. The lowest BCUT2D eigenvalue weighted by Crippen LogP contribution is -2.47. The van der Waals surface area contributed by atoms with Gasteiger partial charge in [-0.1, -0.05) is 60.7 Å². The topological polar surface area (TPSA) is 125 Å². The van der Waals surface area contributed by atoms with Crippen molar-refractivity contribution in [3.8, 4) is 17.6 Å². The van der Waals surface area contributed by atoms with Gasteiger partial charge in [-0.3, -0.25) is 10.2 Å². The van der Waals surface area contributed by atoms with Gasteiger partial charge >= 0.3 is 6.03 Å². The summed E-state index contributed by atoms with van der Waals surface area (Å²) in [5, 5.41) is 10.7. The Morgan fingerprint density at radius 1 is 0.875 bits per heavy atom. The Kier molecular flexibility index (Phi) is 7.99. The van der Waals surface area contributed by atoms with Crippen molar-refractivity contribution in [1.82, 2.24) is 21.2 Å². The average molecular weight is 431 g/mol. The van der Waals surface area contributed by atoms with Crippen LogP contribution >= 0.6 is 0 Å². The minimum absolute atomic E-state index is 0.0145. The second-order valence-electron chi connectivity index (χ2n) is 6.48. The van der Waals surface area contributed by atoms with E-state index in [9.17, 15) is 9.59 Å². The van der Waals surface area contributed by atoms with Crippen LogP contribution in [-0.2, 0) is 13.2 Å². The molecule has 9 heteroatoms. The quantitative estimate of drug-likeness (QED) is 0.372. The maximum atomic E-state index is 12.4. The Hall–Kier alpha value is -4.58. The molecule has 0 fully saturated rings. The molecule has 0 aliphatic carbocycles. The van der Waals surface area contributed by atoms with Crippen LogP contribution in [0.25, 0.3) is 0 Å². The maximum Gasteiger partial charge on any atom is 0.334 e. The summed E-state index contributed by atoms with van der Waals surface area (Å²) < 4.78 is 11.8. The van der Waals surface area contributed by atoms with Crippen LogP contribution in [0.3, 0.4) is 0 Å². The van der Waals surface area contributed by atoms with E-state index >= 15 is 0 Å². The standard InChI is InChI=1S/C23H21N5O4/c24-11-12-25-23(30)28-27-22(29)19-13-20(31-15-17-7-3-1-4-8-17)21(14-26-19)32-16-18-9-5-2-6-10-18/h1-10,13-14H,12,15-16H2,(H,27,29)(H2,25,28,30). The SMILES string of the molecule is N#CCNC(=O)NNC(=O)c1cc(OCc2ccccc2)c(OCc2ccccc2)cn1. The number of nitrogens with one attached hydrogen (secondary N) is 3. The van der Waals surface area contributed by atoms with E-state index in [4.69, 9.17) is 14.7 Å². The first-order chi connectivity index (χ1) is 15.7. The molecular formula is C23H21N5O4. The third kappa shape index (κ3) is 6.74. The number of aromatic nitrogens is 1. The minimum atomic E-state index is -0.719. The summed E-state index contributed by atoms with van der Waals surface area (Å²) in [4.78, 5) is 28.0. The zero-order valence-electron chi connectivity index (χ0n) is 17.1. The number of hydrogen-bond donors (Lipinski definition) is 3. The number of carbonyl (C=O) groups excluding carboxylic acids is 2. The number of rotatable bonds is 8. The Labute approximate surface area is 185 Å². The summed E-state index contributed by atoms with van der Waals surface area (Å²) in [5.41, 5.74) is 6.29. The van der Waals surface area contributed by atoms with Gasteiger partial charge in [0.05, 0.1) is 12.3 Å². The number of benzene rings is 2. The smallest absolute Gasteiger partial charge is 0.334 e. The lowest BCUT2D eigenvalue weighted by Gasteiger charge is -2.14. The zero-order chi connectivity index (χ0) is 22.6. The third-order valence-corrected chi connectivity index (χ3v) is 4.16. The molecular weight excluding hydrogens is 410 g/mol. The summed E-state index contributed by atoms with van der Waals surface area (Å²) in [6.07, 6.45) is 1.40. The number of nitriles is 1. The van der Waals surface area contributed by atoms with Crippen molar-refractivity contribution in [3.63, 3.8) is 0 Å². The first kappa shape index (κ1) is 22.1. The lowest BCUT2D eigenvalue weighted by molar-refractivity contribution is 0.0930. The van der Waals surface area contributed by atoms with Crippen molar-refractivity contribution in [1.29, 1.82) is 5.26 Å². The molecule has 0 aliphatic rings. The average Bonchev–Trinajstić information content (AvgIpc) is 2.85. The molecule has 3 aromatic rings. The van der Waals surface area contributed by atoms with Gasteiger partial charge in [0.2, 0.25) is 0 Å². The molecule has 162 valence electrons. The highest BCUT2D eigenvalue weighted by Crippen LogP contribution is 2.28. The van der Waals surface area contributed by atoms with E-state index in [-0.39, 0.29) is 18.8 Å². The molecule has 0 aliphatic heterocycles. The largest absolute Gasteiger partial charge is 0.485 e. The molecule has 0 spiro atoms. The Morgan fingerprint density at radius 2 is 1.47 bits per heavy atom. The molecule has 3 rings (SSSR count). The highest BCUT2D eigenvalue weighted by atomic mass is 16.5. The van der Waals surface area contributed by atoms with Crippen molar-refractivity contribution < 1.29 is 19.1 Å². The van der Waals surface area contributed by atoms with Crippen molar-refractivity contribution in [2.75, 3.05) is 6.54 Å². The van der Waals surface area contributed by atoms with E-state index in [1.807, 2.05) is 60.7 Å². The molecule has 9 nitrogen and oxygen atoms in total. The van der Waals surface area contributed by atoms with Crippen LogP contribution in [0.5, 0.6) is 11.5 Å². The van der Waals surface area contributed by atoms with E-state index in [0.29, 0.717) is 18.1 Å². The van der Waals surface area contributed by atoms with Gasteiger partial charge in [-0.25, -0.2) is 15.2 Å². The number of pyridine rings is 1. The number of hydrogen-bond acceptors (Lipinski definition) is 6. The number of nitrogens with zero attached hydrogens (tertiary/aromatic N) is 2. The molecule has 1 heterocycles. The summed E-state index contributed by atoms with van der Waals surface area (Å²) in [7, 11) is 0. The Morgan fingerprint density at radius 3 is 2.06 bits per heavy atom. The number of hydrazine groups is 1. The van der Waals surface area contributed by atoms with E-state index in [1.54, 1.807) is 6.07 Å². The minimum Gasteiger partial charge on any atom is -0.485 e. The molecule has 32 heavy (non-hydrogen) atoms. The highest BCUT2D eigenvalue weighted by Gasteiger charge is 2.15. The van der Waals surface area contributed by atoms with Gasteiger partial charge < -0.3 is 14.8 Å². The van der Waals surface area contributed by atoms with Crippen LogP contribution in [0, 0.1) is 11.3 Å². The molecule has 0 saturated carbocycles. The predicted octanol–water partition coefficient (Wildman–Crippen LogP) is 2.71. The van der Waals surface area contributed by atoms with E-state index in [2.05, 4.69) is 21.2 Å². The number of urea groups is 1. The normalized spacial score (nSPS) is 9.84. The van der Waals surface area contributed by atoms with Crippen LogP contribution in [-0.4, -0.2) is 23.5 Å². The molecule has 1 aromatic heterocycles. The Balaban J connectivity index is 1.71. The number of carbonyl (C=O) groups is 2. The second-order valence-corrected chi connectivity index (χ2v) is 6.48. The number of ether oxygens (including phenoxy) is 2. The van der Waals surface area contributed by atoms with Crippen LogP contribution < -0.4 is 25.6 Å². The van der Waals surface area contributed by atoms with Crippen LogP contribution in [0.15, 0.2) is 72.9 Å². The van der Waals surface area contributed by atoms with E-state index in [0.717, 1.165) is 11.1 Å². The first-order valence-corrected chi connectivity index (χ1v) is 9.70. The Bertz CT molecular complexity index is 1080. The van der Waals surface area contributed by atoms with Crippen LogP contribution in [0.1, 0.15) is 21.6 Å². The molecule has 3 amide bonds. The van der Waals surface area contributed by atoms with Crippen LogP contribution in [0.2, 0.25) is 0 Å². The molecule has 2 aromatic carbocycles. The van der Waals surface area contributed by atoms with Gasteiger partial charge in [0.15, 0.2) is 11.5 Å². The third-order valence-electron chi connectivity index (χ3n) is 4.16. The summed E-state index contributed by atoms with van der Waals surface area (Å²) in [6.45, 7) is 0.379. The fourth-order valence-corrected chi connectivity index (χ4v) is 2.58. The monoisotopic (exact) mass is 431 g/mol. The van der Waals surface area contributed by atoms with E-state index < -0.39 is 11.9 Å². The molecule has 3 N–H and O–H groups in total. The van der Waals surface area contributed by atoms with Gasteiger partial charge in [0.1, 0.15) is 25.5 Å².